The minimum Gasteiger partial charge on any atom is -0.497 e. The molecule has 0 bridgehead atoms. The Morgan fingerprint density at radius 1 is 1.21 bits per heavy atom. The Labute approximate surface area is 144 Å². The van der Waals surface area contributed by atoms with Gasteiger partial charge in [-0.15, -0.1) is 0 Å². The highest BCUT2D eigenvalue weighted by atomic mass is 32.2. The molecule has 0 aliphatic heterocycles. The molecule has 0 aliphatic carbocycles. The Kier molecular flexibility index (Phi) is 6.89. The summed E-state index contributed by atoms with van der Waals surface area (Å²) < 4.78 is 35.8. The molecule has 1 rings (SSSR count). The number of methoxy groups -OCH3 is 2. The number of hydrogen-bond acceptors (Lipinski definition) is 5. The lowest BCUT2D eigenvalue weighted by atomic mass is 10.1. The Hall–Kier alpha value is -1.96. The normalized spacial score (nSPS) is 12.6. The first kappa shape index (κ1) is 20.1. The fourth-order valence-corrected chi connectivity index (χ4v) is 2.82. The number of rotatable bonds is 8. The van der Waals surface area contributed by atoms with Gasteiger partial charge in [-0.3, -0.25) is 9.10 Å². The van der Waals surface area contributed by atoms with Crippen molar-refractivity contribution in [1.82, 2.24) is 5.32 Å². The highest BCUT2D eigenvalue weighted by Crippen LogP contribution is 2.33. The molecule has 0 aromatic heterocycles. The van der Waals surface area contributed by atoms with Crippen LogP contribution in [-0.2, 0) is 14.8 Å². The molecule has 8 heteroatoms. The smallest absolute Gasteiger partial charge is 0.240 e. The third kappa shape index (κ3) is 5.30. The number of ether oxygens (including phenoxy) is 2. The van der Waals surface area contributed by atoms with E-state index in [1.165, 1.54) is 20.3 Å². The Morgan fingerprint density at radius 3 is 2.29 bits per heavy atom. The molecule has 1 aromatic rings. The lowest BCUT2D eigenvalue weighted by Crippen LogP contribution is -2.44. The number of nitrogens with one attached hydrogen (secondary N) is 1. The van der Waals surface area contributed by atoms with E-state index in [1.807, 2.05) is 20.8 Å². The maximum Gasteiger partial charge on any atom is 0.240 e. The molecule has 24 heavy (non-hydrogen) atoms. The van der Waals surface area contributed by atoms with Gasteiger partial charge in [0.25, 0.3) is 0 Å². The Morgan fingerprint density at radius 2 is 1.83 bits per heavy atom. The van der Waals surface area contributed by atoms with Gasteiger partial charge in [-0.25, -0.2) is 8.42 Å². The Bertz CT molecular complexity index is 673. The van der Waals surface area contributed by atoms with Gasteiger partial charge in [-0.05, 0) is 25.0 Å². The van der Waals surface area contributed by atoms with Gasteiger partial charge < -0.3 is 14.8 Å². The van der Waals surface area contributed by atoms with E-state index < -0.39 is 10.0 Å². The van der Waals surface area contributed by atoms with Crippen LogP contribution in [0.5, 0.6) is 11.5 Å². The van der Waals surface area contributed by atoms with Crippen LogP contribution in [0.2, 0.25) is 0 Å². The SMILES string of the molecule is COc1ccc(OC)c(N(CC(=O)N[C@@H](C)C(C)C)S(C)(=O)=O)c1. The first-order valence-corrected chi connectivity index (χ1v) is 9.44. The minimum absolute atomic E-state index is 0.0638. The van der Waals surface area contributed by atoms with E-state index in [1.54, 1.807) is 12.1 Å². The van der Waals surface area contributed by atoms with Crippen LogP contribution in [-0.4, -0.2) is 47.4 Å². The van der Waals surface area contributed by atoms with E-state index in [2.05, 4.69) is 5.32 Å². The molecule has 0 heterocycles. The monoisotopic (exact) mass is 358 g/mol. The summed E-state index contributed by atoms with van der Waals surface area (Å²) in [4.78, 5) is 12.3. The lowest BCUT2D eigenvalue weighted by molar-refractivity contribution is -0.120. The van der Waals surface area contributed by atoms with Crippen molar-refractivity contribution < 1.29 is 22.7 Å². The van der Waals surface area contributed by atoms with E-state index in [0.29, 0.717) is 11.5 Å². The fourth-order valence-electron chi connectivity index (χ4n) is 1.97. The van der Waals surface area contributed by atoms with Gasteiger partial charge in [0.1, 0.15) is 18.0 Å². The highest BCUT2D eigenvalue weighted by molar-refractivity contribution is 7.92. The molecule has 0 aliphatic rings. The molecule has 1 aromatic carbocycles. The predicted octanol–water partition coefficient (Wildman–Crippen LogP) is 1.63. The van der Waals surface area contributed by atoms with E-state index in [9.17, 15) is 13.2 Å². The van der Waals surface area contributed by atoms with Crippen molar-refractivity contribution >= 4 is 21.6 Å². The van der Waals surface area contributed by atoms with E-state index in [0.717, 1.165) is 10.6 Å². The molecule has 136 valence electrons. The molecule has 1 amide bonds. The standard InChI is InChI=1S/C16H26N2O5S/c1-11(2)12(3)17-16(19)10-18(24(6,20)21)14-9-13(22-4)7-8-15(14)23-5/h7-9,11-12H,10H2,1-6H3,(H,17,19)/t12-/m0/s1. The zero-order valence-corrected chi connectivity index (χ0v) is 15.8. The quantitative estimate of drug-likeness (QED) is 0.763. The number of carbonyl (C=O) groups is 1. The minimum atomic E-state index is -3.69. The molecule has 1 N–H and O–H groups in total. The largest absolute Gasteiger partial charge is 0.497 e. The fraction of sp³-hybridized carbons (Fsp3) is 0.562. The molecular formula is C16H26N2O5S. The summed E-state index contributed by atoms with van der Waals surface area (Å²) in [6.45, 7) is 5.49. The highest BCUT2D eigenvalue weighted by Gasteiger charge is 2.25. The van der Waals surface area contributed by atoms with Crippen LogP contribution >= 0.6 is 0 Å². The van der Waals surface area contributed by atoms with Gasteiger partial charge in [-0.2, -0.15) is 0 Å². The number of benzene rings is 1. The number of nitrogens with zero attached hydrogens (tertiary/aromatic N) is 1. The summed E-state index contributed by atoms with van der Waals surface area (Å²) >= 11 is 0. The summed E-state index contributed by atoms with van der Waals surface area (Å²) in [7, 11) is -0.773. The molecule has 0 radical (unpaired) electrons. The average Bonchev–Trinajstić information content (AvgIpc) is 2.50. The van der Waals surface area contributed by atoms with E-state index >= 15 is 0 Å². The van der Waals surface area contributed by atoms with Gasteiger partial charge in [-0.1, -0.05) is 13.8 Å². The third-order valence-electron chi connectivity index (χ3n) is 3.73. The molecule has 7 nitrogen and oxygen atoms in total. The number of sulfonamides is 1. The first-order chi connectivity index (χ1) is 11.1. The molecule has 0 fully saturated rings. The summed E-state index contributed by atoms with van der Waals surface area (Å²) in [5, 5.41) is 2.80. The maximum absolute atomic E-state index is 12.3. The number of carbonyl (C=O) groups excluding carboxylic acids is 1. The van der Waals surface area contributed by atoms with Crippen molar-refractivity contribution in [2.45, 2.75) is 26.8 Å². The second-order valence-corrected chi connectivity index (χ2v) is 7.81. The summed E-state index contributed by atoms with van der Waals surface area (Å²) in [6.07, 6.45) is 1.05. The van der Waals surface area contributed by atoms with Gasteiger partial charge in [0.2, 0.25) is 15.9 Å². The summed E-state index contributed by atoms with van der Waals surface area (Å²) in [6, 6.07) is 4.72. The topological polar surface area (TPSA) is 84.9 Å². The van der Waals surface area contributed by atoms with Crippen LogP contribution in [0.4, 0.5) is 5.69 Å². The zero-order valence-electron chi connectivity index (χ0n) is 15.0. The van der Waals surface area contributed by atoms with E-state index in [-0.39, 0.29) is 30.1 Å². The first-order valence-electron chi connectivity index (χ1n) is 7.59. The number of anilines is 1. The predicted molar refractivity (Wildman–Crippen MR) is 94.2 cm³/mol. The third-order valence-corrected chi connectivity index (χ3v) is 4.86. The van der Waals surface area contributed by atoms with Crippen molar-refractivity contribution in [2.24, 2.45) is 5.92 Å². The average molecular weight is 358 g/mol. The summed E-state index contributed by atoms with van der Waals surface area (Å²) in [5.41, 5.74) is 0.256. The van der Waals surface area contributed by atoms with Crippen LogP contribution in [0.25, 0.3) is 0 Å². The van der Waals surface area contributed by atoms with E-state index in [4.69, 9.17) is 9.47 Å². The number of amides is 1. The van der Waals surface area contributed by atoms with Crippen molar-refractivity contribution in [3.63, 3.8) is 0 Å². The molecule has 0 saturated carbocycles. The van der Waals surface area contributed by atoms with Crippen molar-refractivity contribution in [2.75, 3.05) is 31.3 Å². The van der Waals surface area contributed by atoms with Crippen molar-refractivity contribution in [3.8, 4) is 11.5 Å². The molecule has 0 spiro atoms. The molecular weight excluding hydrogens is 332 g/mol. The van der Waals surface area contributed by atoms with Crippen molar-refractivity contribution in [1.29, 1.82) is 0 Å². The van der Waals surface area contributed by atoms with Crippen LogP contribution in [0.3, 0.4) is 0 Å². The second kappa shape index (κ2) is 8.23. The van der Waals surface area contributed by atoms with Crippen LogP contribution < -0.4 is 19.1 Å². The van der Waals surface area contributed by atoms with Crippen LogP contribution in [0, 0.1) is 5.92 Å². The van der Waals surface area contributed by atoms with Crippen molar-refractivity contribution in [3.05, 3.63) is 18.2 Å². The van der Waals surface area contributed by atoms with Crippen LogP contribution in [0.15, 0.2) is 18.2 Å². The van der Waals surface area contributed by atoms with Gasteiger partial charge >= 0.3 is 0 Å². The van der Waals surface area contributed by atoms with Gasteiger partial charge in [0.15, 0.2) is 0 Å². The molecule has 1 atom stereocenters. The Balaban J connectivity index is 3.18. The molecule has 0 unspecified atom stereocenters. The lowest BCUT2D eigenvalue weighted by Gasteiger charge is -2.25. The second-order valence-electron chi connectivity index (χ2n) is 5.91. The van der Waals surface area contributed by atoms with Gasteiger partial charge in [0, 0.05) is 12.1 Å². The maximum atomic E-state index is 12.3. The summed E-state index contributed by atoms with van der Waals surface area (Å²) in [5.74, 6) is 0.667. The number of hydrogen-bond donors (Lipinski definition) is 1. The zero-order chi connectivity index (χ0) is 18.5. The van der Waals surface area contributed by atoms with Crippen LogP contribution in [0.1, 0.15) is 20.8 Å². The van der Waals surface area contributed by atoms with Gasteiger partial charge in [0.05, 0.1) is 26.2 Å². The molecule has 0 saturated heterocycles.